The number of fused-ring (bicyclic) bond motifs is 5. The molecule has 3 saturated carbocycles. The first kappa shape index (κ1) is 63.4. The standard InChI is InChI=1S/C61H98O20/c1-16-30(2)58(64)77-47-24-41-40(61(65)22-20-39(31(3)62)60(47,61)10)18-17-37-23-38(19-21-59(37,41)9)76-48-26-43(67-12)54(33(5)72-48)79-50-28-45(69-14)56(35(7)74-50)81-52-29-46(70-15)57(36(8)75-52)80-51-27-44(68-13)55(34(6)73-51)78-49-25-42(66-11)53(63)32(4)71-49/h16-17,32-36,38-57,63,65H,18-29H2,1-15H3/b30-16+/t32?,33?,34?,35?,36?,38-,39?,40?,41?,42?,43?,44?,45?,46?,47+,48?,49?,50?,51?,52?,53?,54?,55?,56?,57?,59?,60-,61-/m0/s1. The van der Waals surface area contributed by atoms with E-state index in [0.717, 1.165) is 19.3 Å². The van der Waals surface area contributed by atoms with Crippen molar-refractivity contribution in [3.8, 4) is 0 Å². The van der Waals surface area contributed by atoms with E-state index in [-0.39, 0.29) is 53.4 Å². The third-order valence-corrected chi connectivity index (χ3v) is 21.0. The number of hydrogen-bond donors (Lipinski definition) is 2. The first-order valence-corrected chi connectivity index (χ1v) is 30.2. The zero-order valence-corrected chi connectivity index (χ0v) is 50.8. The van der Waals surface area contributed by atoms with Crippen LogP contribution < -0.4 is 0 Å². The topological polar surface area (TPSA) is 222 Å². The second-order valence-electron chi connectivity index (χ2n) is 25.4. The smallest absolute Gasteiger partial charge is 0.333 e. The minimum absolute atomic E-state index is 0.0391. The van der Waals surface area contributed by atoms with Crippen molar-refractivity contribution in [3.63, 3.8) is 0 Å². The summed E-state index contributed by atoms with van der Waals surface area (Å²) >= 11 is 0. The Kier molecular flexibility index (Phi) is 20.4. The number of ether oxygens (including phenoxy) is 16. The first-order valence-electron chi connectivity index (χ1n) is 30.2. The summed E-state index contributed by atoms with van der Waals surface area (Å²) in [5, 5.41) is 23.4. The molecule has 462 valence electrons. The average molecular weight is 1150 g/mol. The highest BCUT2D eigenvalue weighted by Gasteiger charge is 2.71. The van der Waals surface area contributed by atoms with Crippen molar-refractivity contribution < 1.29 is 95.6 Å². The van der Waals surface area contributed by atoms with Crippen LogP contribution in [0.2, 0.25) is 0 Å². The van der Waals surface area contributed by atoms with Gasteiger partial charge in [-0.1, -0.05) is 31.6 Å². The van der Waals surface area contributed by atoms with Crippen molar-refractivity contribution in [1.82, 2.24) is 0 Å². The molecule has 0 amide bonds. The molecule has 0 bridgehead atoms. The van der Waals surface area contributed by atoms with E-state index in [9.17, 15) is 19.8 Å². The molecule has 81 heavy (non-hydrogen) atoms. The zero-order valence-electron chi connectivity index (χ0n) is 50.8. The summed E-state index contributed by atoms with van der Waals surface area (Å²) < 4.78 is 101. The Balaban J connectivity index is 0.763. The number of allylic oxidation sites excluding steroid dienone is 2. The minimum Gasteiger partial charge on any atom is -0.458 e. The van der Waals surface area contributed by atoms with Crippen molar-refractivity contribution in [2.45, 2.75) is 287 Å². The van der Waals surface area contributed by atoms with Gasteiger partial charge in [0.05, 0.1) is 72.7 Å². The van der Waals surface area contributed by atoms with E-state index in [1.807, 2.05) is 41.5 Å². The van der Waals surface area contributed by atoms with Gasteiger partial charge in [-0.15, -0.1) is 0 Å². The van der Waals surface area contributed by atoms with Crippen LogP contribution in [0.15, 0.2) is 23.3 Å². The monoisotopic (exact) mass is 1150 g/mol. The van der Waals surface area contributed by atoms with Gasteiger partial charge in [0, 0.05) is 84.6 Å². The van der Waals surface area contributed by atoms with Crippen molar-refractivity contribution in [1.29, 1.82) is 0 Å². The van der Waals surface area contributed by atoms with Gasteiger partial charge in [-0.2, -0.15) is 0 Å². The molecule has 24 unspecified atom stereocenters. The highest BCUT2D eigenvalue weighted by molar-refractivity contribution is 5.88. The van der Waals surface area contributed by atoms with Crippen molar-refractivity contribution >= 4 is 11.8 Å². The molecule has 9 aliphatic rings. The molecule has 2 N–H and O–H groups in total. The minimum atomic E-state index is -1.16. The highest BCUT2D eigenvalue weighted by Crippen LogP contribution is 2.69. The summed E-state index contributed by atoms with van der Waals surface area (Å²) in [5.74, 6) is -0.746. The number of carbonyl (C=O) groups excluding carboxylic acids is 2. The van der Waals surface area contributed by atoms with E-state index in [1.165, 1.54) is 5.57 Å². The third-order valence-electron chi connectivity index (χ3n) is 21.0. The van der Waals surface area contributed by atoms with Crippen LogP contribution in [0.4, 0.5) is 0 Å². The number of methoxy groups -OCH3 is 5. The summed E-state index contributed by atoms with van der Waals surface area (Å²) in [5.41, 5.74) is -0.462. The van der Waals surface area contributed by atoms with E-state index in [1.54, 1.807) is 62.4 Å². The molecule has 20 heteroatoms. The molecule has 8 fully saturated rings. The summed E-state index contributed by atoms with van der Waals surface area (Å²) in [6, 6.07) is 0. The number of aliphatic hydroxyl groups excluding tert-OH is 1. The normalized spacial score (nSPS) is 49.5. The second kappa shape index (κ2) is 26.1. The molecule has 0 aromatic heterocycles. The summed E-state index contributed by atoms with van der Waals surface area (Å²) in [7, 11) is 8.22. The largest absolute Gasteiger partial charge is 0.458 e. The van der Waals surface area contributed by atoms with Crippen LogP contribution >= 0.6 is 0 Å². The molecule has 0 aromatic rings. The van der Waals surface area contributed by atoms with Crippen LogP contribution in [-0.2, 0) is 85.4 Å². The van der Waals surface area contributed by atoms with Gasteiger partial charge in [-0.3, -0.25) is 4.79 Å². The third kappa shape index (κ3) is 12.5. The number of rotatable bonds is 18. The van der Waals surface area contributed by atoms with Crippen LogP contribution in [0.3, 0.4) is 0 Å². The SMILES string of the molecule is C/C=C(\C)C(=O)O[C@@H]1CC2C(CC=C3C[C@@H](OC4CC(OC)C(OC5CC(OC)C(OC6CC(OC)C(OC7CC(OC)C(OC8CC(OC)C(O)C(C)O8)C(C)O7)C(C)O6)C(C)O5)C(C)O4)CCC32C)[C@@]2(O)CCC(C(C)=O)[C@@]12C. The van der Waals surface area contributed by atoms with Gasteiger partial charge in [-0.05, 0) is 118 Å². The van der Waals surface area contributed by atoms with E-state index in [4.69, 9.17) is 75.8 Å². The lowest BCUT2D eigenvalue weighted by molar-refractivity contribution is -0.352. The van der Waals surface area contributed by atoms with Crippen LogP contribution in [0, 0.1) is 28.6 Å². The Morgan fingerprint density at radius 2 is 1.00 bits per heavy atom. The Morgan fingerprint density at radius 1 is 0.580 bits per heavy atom. The lowest BCUT2D eigenvalue weighted by Gasteiger charge is -2.63. The molecule has 0 radical (unpaired) electrons. The summed E-state index contributed by atoms with van der Waals surface area (Å²) in [6.45, 7) is 19.1. The lowest BCUT2D eigenvalue weighted by atomic mass is 9.45. The maximum Gasteiger partial charge on any atom is 0.333 e. The fourth-order valence-electron chi connectivity index (χ4n) is 16.1. The van der Waals surface area contributed by atoms with Crippen LogP contribution in [0.25, 0.3) is 0 Å². The van der Waals surface area contributed by atoms with Gasteiger partial charge >= 0.3 is 5.97 Å². The quantitative estimate of drug-likeness (QED) is 0.0819. The van der Waals surface area contributed by atoms with Crippen LogP contribution in [0.1, 0.15) is 146 Å². The summed E-state index contributed by atoms with van der Waals surface area (Å²) in [6.07, 6.45) is 0.391. The molecule has 5 saturated heterocycles. The van der Waals surface area contributed by atoms with E-state index in [0.29, 0.717) is 63.4 Å². The molecule has 0 aromatic carbocycles. The maximum atomic E-state index is 13.4. The van der Waals surface area contributed by atoms with Crippen molar-refractivity contribution in [2.75, 3.05) is 35.5 Å². The molecule has 20 nitrogen and oxygen atoms in total. The van der Waals surface area contributed by atoms with Crippen LogP contribution in [-0.4, -0.2) is 198 Å². The number of Topliss-reactive ketones (excluding diaryl/α,β-unsaturated/α-hetero) is 1. The first-order chi connectivity index (χ1) is 38.5. The van der Waals surface area contributed by atoms with Gasteiger partial charge in [0.1, 0.15) is 42.4 Å². The van der Waals surface area contributed by atoms with Gasteiger partial charge in [0.2, 0.25) is 0 Å². The molecule has 4 aliphatic carbocycles. The number of aliphatic hydroxyl groups is 2. The van der Waals surface area contributed by atoms with Gasteiger partial charge in [0.15, 0.2) is 31.5 Å². The Hall–Kier alpha value is -2.06. The second-order valence-corrected chi connectivity index (χ2v) is 25.4. The highest BCUT2D eigenvalue weighted by atomic mass is 16.8. The number of esters is 1. The molecule has 28 atom stereocenters. The van der Waals surface area contributed by atoms with Crippen LogP contribution in [0.5, 0.6) is 0 Å². The fraction of sp³-hybridized carbons (Fsp3) is 0.902. The molecule has 5 aliphatic heterocycles. The van der Waals surface area contributed by atoms with E-state index < -0.39 is 128 Å². The Bertz CT molecular complexity index is 2200. The van der Waals surface area contributed by atoms with E-state index in [2.05, 4.69) is 13.0 Å². The van der Waals surface area contributed by atoms with E-state index >= 15 is 0 Å². The van der Waals surface area contributed by atoms with Gasteiger partial charge in [-0.25, -0.2) is 4.79 Å². The number of hydrogen-bond acceptors (Lipinski definition) is 20. The predicted octanol–water partition coefficient (Wildman–Crippen LogP) is 6.79. The van der Waals surface area contributed by atoms with Gasteiger partial charge < -0.3 is 86.0 Å². The summed E-state index contributed by atoms with van der Waals surface area (Å²) in [4.78, 5) is 26.6. The number of ketones is 1. The molecular formula is C61H98O20. The molecule has 5 heterocycles. The van der Waals surface area contributed by atoms with Crippen molar-refractivity contribution in [3.05, 3.63) is 23.3 Å². The molecular weight excluding hydrogens is 1050 g/mol. The molecule has 9 rings (SSSR count). The Morgan fingerprint density at radius 3 is 1.42 bits per heavy atom. The molecule has 0 spiro atoms. The zero-order chi connectivity index (χ0) is 58.5. The lowest BCUT2D eigenvalue weighted by Crippen LogP contribution is -2.66. The Labute approximate surface area is 480 Å². The maximum absolute atomic E-state index is 13.4. The van der Waals surface area contributed by atoms with Crippen molar-refractivity contribution in [2.24, 2.45) is 28.6 Å². The predicted molar refractivity (Wildman–Crippen MR) is 291 cm³/mol. The fourth-order valence-corrected chi connectivity index (χ4v) is 16.1. The van der Waals surface area contributed by atoms with Gasteiger partial charge in [0.25, 0.3) is 0 Å². The average Bonchev–Trinajstić information content (AvgIpc) is 2.06. The number of carbonyl (C=O) groups is 2.